The fourth-order valence-electron chi connectivity index (χ4n) is 3.46. The van der Waals surface area contributed by atoms with E-state index in [0.717, 1.165) is 18.2 Å². The molecule has 0 aliphatic carbocycles. The topological polar surface area (TPSA) is 101 Å². The number of nitro groups is 1. The van der Waals surface area contributed by atoms with Crippen LogP contribution in [-0.2, 0) is 6.42 Å². The summed E-state index contributed by atoms with van der Waals surface area (Å²) in [5, 5.41) is 20.2. The van der Waals surface area contributed by atoms with E-state index in [-0.39, 0.29) is 22.9 Å². The Kier molecular flexibility index (Phi) is 5.67. The fourth-order valence-corrected chi connectivity index (χ4v) is 3.46. The summed E-state index contributed by atoms with van der Waals surface area (Å²) in [7, 11) is 0. The SMILES string of the molecule is O=C(O)c1cc(C(=O)N2CCC(Cc3ccccc3F)CC2)cc([N+](=O)[O-])c1. The molecule has 1 amide bonds. The van der Waals surface area contributed by atoms with Gasteiger partial charge in [0.05, 0.1) is 10.5 Å². The van der Waals surface area contributed by atoms with Gasteiger partial charge in [-0.1, -0.05) is 18.2 Å². The Hall–Kier alpha value is -3.29. The number of halogens is 1. The van der Waals surface area contributed by atoms with Crippen molar-refractivity contribution in [2.75, 3.05) is 13.1 Å². The van der Waals surface area contributed by atoms with Crippen LogP contribution < -0.4 is 0 Å². The third-order valence-corrected chi connectivity index (χ3v) is 4.99. The Morgan fingerprint density at radius 2 is 1.79 bits per heavy atom. The Morgan fingerprint density at radius 3 is 2.39 bits per heavy atom. The molecule has 1 aliphatic heterocycles. The minimum atomic E-state index is -1.33. The molecule has 1 aliphatic rings. The first-order valence-corrected chi connectivity index (χ1v) is 8.90. The zero-order valence-electron chi connectivity index (χ0n) is 15.0. The highest BCUT2D eigenvalue weighted by atomic mass is 19.1. The summed E-state index contributed by atoms with van der Waals surface area (Å²) in [6.07, 6.45) is 1.95. The van der Waals surface area contributed by atoms with Crippen molar-refractivity contribution in [3.63, 3.8) is 0 Å². The van der Waals surface area contributed by atoms with Gasteiger partial charge in [0.25, 0.3) is 11.6 Å². The normalized spacial score (nSPS) is 14.7. The molecule has 146 valence electrons. The van der Waals surface area contributed by atoms with Crippen LogP contribution in [0, 0.1) is 21.8 Å². The second-order valence-electron chi connectivity index (χ2n) is 6.86. The highest BCUT2D eigenvalue weighted by molar-refractivity contribution is 5.98. The van der Waals surface area contributed by atoms with Crippen LogP contribution in [0.1, 0.15) is 39.1 Å². The molecule has 1 heterocycles. The summed E-state index contributed by atoms with van der Waals surface area (Å²) >= 11 is 0. The van der Waals surface area contributed by atoms with Crippen molar-refractivity contribution >= 4 is 17.6 Å². The molecule has 0 bridgehead atoms. The van der Waals surface area contributed by atoms with Crippen LogP contribution in [0.4, 0.5) is 10.1 Å². The lowest BCUT2D eigenvalue weighted by Crippen LogP contribution is -2.39. The van der Waals surface area contributed by atoms with Gasteiger partial charge in [-0.05, 0) is 42.9 Å². The van der Waals surface area contributed by atoms with Gasteiger partial charge < -0.3 is 10.0 Å². The molecule has 1 fully saturated rings. The van der Waals surface area contributed by atoms with E-state index in [1.165, 1.54) is 6.07 Å². The summed E-state index contributed by atoms with van der Waals surface area (Å²) in [6.45, 7) is 0.867. The Morgan fingerprint density at radius 1 is 1.14 bits per heavy atom. The quantitative estimate of drug-likeness (QED) is 0.626. The number of aromatic carboxylic acids is 1. The second-order valence-corrected chi connectivity index (χ2v) is 6.86. The summed E-state index contributed by atoms with van der Waals surface area (Å²) in [5.74, 6) is -1.77. The first kappa shape index (κ1) is 19.5. The molecule has 0 aromatic heterocycles. The fraction of sp³-hybridized carbons (Fsp3) is 0.300. The van der Waals surface area contributed by atoms with E-state index < -0.39 is 22.5 Å². The summed E-state index contributed by atoms with van der Waals surface area (Å²) < 4.78 is 13.8. The summed E-state index contributed by atoms with van der Waals surface area (Å²) in [6, 6.07) is 9.80. The molecule has 2 aromatic carbocycles. The molecule has 7 nitrogen and oxygen atoms in total. The predicted molar refractivity (Wildman–Crippen MR) is 98.8 cm³/mol. The van der Waals surface area contributed by atoms with E-state index >= 15 is 0 Å². The lowest BCUT2D eigenvalue weighted by atomic mass is 9.89. The van der Waals surface area contributed by atoms with Crippen LogP contribution >= 0.6 is 0 Å². The number of carboxylic acid groups (broad SMARTS) is 1. The third-order valence-electron chi connectivity index (χ3n) is 4.99. The molecule has 3 rings (SSSR count). The maximum Gasteiger partial charge on any atom is 0.335 e. The van der Waals surface area contributed by atoms with Crippen LogP contribution in [0.5, 0.6) is 0 Å². The van der Waals surface area contributed by atoms with Gasteiger partial charge in [-0.25, -0.2) is 9.18 Å². The number of likely N-dealkylation sites (tertiary alicyclic amines) is 1. The number of benzene rings is 2. The minimum Gasteiger partial charge on any atom is -0.478 e. The number of carboxylic acids is 1. The van der Waals surface area contributed by atoms with Gasteiger partial charge in [-0.2, -0.15) is 0 Å². The highest BCUT2D eigenvalue weighted by Crippen LogP contribution is 2.25. The van der Waals surface area contributed by atoms with Gasteiger partial charge in [0.1, 0.15) is 5.82 Å². The number of amides is 1. The molecule has 0 atom stereocenters. The van der Waals surface area contributed by atoms with Crippen LogP contribution in [0.3, 0.4) is 0 Å². The standard InChI is InChI=1S/C20H19FN2O5/c21-18-4-2-1-3-14(18)9-13-5-7-22(8-6-13)19(24)15-10-16(20(25)26)12-17(11-15)23(27)28/h1-4,10-13H,5-9H2,(H,25,26). The third kappa shape index (κ3) is 4.33. The number of carbonyl (C=O) groups excluding carboxylic acids is 1. The first-order valence-electron chi connectivity index (χ1n) is 8.90. The molecule has 2 aromatic rings. The molecule has 1 N–H and O–H groups in total. The maximum atomic E-state index is 13.8. The van der Waals surface area contributed by atoms with Crippen LogP contribution in [0.15, 0.2) is 42.5 Å². The van der Waals surface area contributed by atoms with Gasteiger partial charge in [0.2, 0.25) is 0 Å². The maximum absolute atomic E-state index is 13.8. The second kappa shape index (κ2) is 8.16. The average Bonchev–Trinajstić information content (AvgIpc) is 2.69. The van der Waals surface area contributed by atoms with E-state index in [2.05, 4.69) is 0 Å². The van der Waals surface area contributed by atoms with Crippen LogP contribution in [0.25, 0.3) is 0 Å². The molecule has 0 saturated carbocycles. The lowest BCUT2D eigenvalue weighted by Gasteiger charge is -2.32. The molecule has 0 unspecified atom stereocenters. The molecule has 0 radical (unpaired) electrons. The van der Waals surface area contributed by atoms with Gasteiger partial charge in [-0.15, -0.1) is 0 Å². The van der Waals surface area contributed by atoms with Gasteiger partial charge >= 0.3 is 5.97 Å². The van der Waals surface area contributed by atoms with Crippen molar-refractivity contribution in [1.29, 1.82) is 0 Å². The Balaban J connectivity index is 1.69. The number of non-ortho nitro benzene ring substituents is 1. The number of hydrogen-bond acceptors (Lipinski definition) is 4. The van der Waals surface area contributed by atoms with Gasteiger partial charge in [0, 0.05) is 30.8 Å². The van der Waals surface area contributed by atoms with Crippen molar-refractivity contribution in [1.82, 2.24) is 4.90 Å². The molecular formula is C20H19FN2O5. The first-order chi connectivity index (χ1) is 13.3. The van der Waals surface area contributed by atoms with Crippen LogP contribution in [-0.4, -0.2) is 39.9 Å². The largest absolute Gasteiger partial charge is 0.478 e. The Bertz CT molecular complexity index is 890. The zero-order valence-corrected chi connectivity index (χ0v) is 15.0. The van der Waals surface area contributed by atoms with E-state index in [1.807, 2.05) is 0 Å². The highest BCUT2D eigenvalue weighted by Gasteiger charge is 2.26. The van der Waals surface area contributed by atoms with Gasteiger partial charge in [-0.3, -0.25) is 14.9 Å². The van der Waals surface area contributed by atoms with E-state index in [9.17, 15) is 24.1 Å². The molecule has 0 spiro atoms. The van der Waals surface area contributed by atoms with Crippen molar-refractivity contribution in [3.8, 4) is 0 Å². The number of hydrogen-bond donors (Lipinski definition) is 1. The van der Waals surface area contributed by atoms with Gasteiger partial charge in [0.15, 0.2) is 0 Å². The molecular weight excluding hydrogens is 367 g/mol. The number of piperidine rings is 1. The van der Waals surface area contributed by atoms with E-state index in [0.29, 0.717) is 37.9 Å². The zero-order chi connectivity index (χ0) is 20.3. The number of nitro benzene ring substituents is 1. The molecule has 1 saturated heterocycles. The summed E-state index contributed by atoms with van der Waals surface area (Å²) in [5.41, 5.74) is -0.0964. The monoisotopic (exact) mass is 386 g/mol. The minimum absolute atomic E-state index is 0.0147. The average molecular weight is 386 g/mol. The molecule has 8 heteroatoms. The number of carbonyl (C=O) groups is 2. The van der Waals surface area contributed by atoms with Crippen molar-refractivity contribution in [2.24, 2.45) is 5.92 Å². The smallest absolute Gasteiger partial charge is 0.335 e. The predicted octanol–water partition coefficient (Wildman–Crippen LogP) is 3.53. The number of rotatable bonds is 5. The van der Waals surface area contributed by atoms with E-state index in [4.69, 9.17) is 5.11 Å². The van der Waals surface area contributed by atoms with Crippen LogP contribution in [0.2, 0.25) is 0 Å². The number of nitrogens with zero attached hydrogens (tertiary/aromatic N) is 2. The van der Waals surface area contributed by atoms with Crippen molar-refractivity contribution in [2.45, 2.75) is 19.3 Å². The van der Waals surface area contributed by atoms with Crippen molar-refractivity contribution in [3.05, 3.63) is 75.1 Å². The van der Waals surface area contributed by atoms with Crippen molar-refractivity contribution < 1.29 is 24.0 Å². The Labute approximate surface area is 160 Å². The lowest BCUT2D eigenvalue weighted by molar-refractivity contribution is -0.384. The summed E-state index contributed by atoms with van der Waals surface area (Å²) in [4.78, 5) is 35.8. The molecule has 28 heavy (non-hydrogen) atoms. The van der Waals surface area contributed by atoms with E-state index in [1.54, 1.807) is 23.1 Å².